The van der Waals surface area contributed by atoms with Crippen LogP contribution < -0.4 is 5.73 Å². The van der Waals surface area contributed by atoms with Gasteiger partial charge in [-0.1, -0.05) is 11.6 Å². The summed E-state index contributed by atoms with van der Waals surface area (Å²) in [6.07, 6.45) is 4.40. The van der Waals surface area contributed by atoms with Gasteiger partial charge in [-0.3, -0.25) is 0 Å². The van der Waals surface area contributed by atoms with E-state index in [1.165, 1.54) is 0 Å². The quantitative estimate of drug-likeness (QED) is 0.907. The van der Waals surface area contributed by atoms with Crippen molar-refractivity contribution >= 4 is 11.6 Å². The molecule has 2 atom stereocenters. The van der Waals surface area contributed by atoms with Crippen LogP contribution in [0.1, 0.15) is 56.7 Å². The van der Waals surface area contributed by atoms with Gasteiger partial charge in [0, 0.05) is 18.5 Å². The molecule has 0 bridgehead atoms. The van der Waals surface area contributed by atoms with Gasteiger partial charge in [0.25, 0.3) is 0 Å². The number of imidazole rings is 1. The van der Waals surface area contributed by atoms with E-state index in [1.54, 1.807) is 0 Å². The van der Waals surface area contributed by atoms with Gasteiger partial charge in [-0.2, -0.15) is 0 Å². The van der Waals surface area contributed by atoms with Crippen LogP contribution in [0.25, 0.3) is 0 Å². The lowest BCUT2D eigenvalue weighted by Gasteiger charge is -2.26. The molecular formula is C14H23ClN4. The van der Waals surface area contributed by atoms with Crippen LogP contribution in [0.15, 0.2) is 0 Å². The second-order valence-corrected chi connectivity index (χ2v) is 6.47. The Hall–Kier alpha value is -0.580. The van der Waals surface area contributed by atoms with Crippen molar-refractivity contribution in [1.29, 1.82) is 0 Å². The van der Waals surface area contributed by atoms with E-state index in [-0.39, 0.29) is 6.17 Å². The van der Waals surface area contributed by atoms with Gasteiger partial charge in [0.05, 0.1) is 11.9 Å². The number of rotatable bonds is 2. The Bertz CT molecular complexity index is 468. The molecule has 0 saturated carbocycles. The maximum atomic E-state index is 6.30. The van der Waals surface area contributed by atoms with Crippen molar-refractivity contribution in [2.75, 3.05) is 13.1 Å². The molecule has 1 saturated heterocycles. The van der Waals surface area contributed by atoms with E-state index in [2.05, 4.69) is 28.3 Å². The molecule has 0 radical (unpaired) electrons. The van der Waals surface area contributed by atoms with Crippen LogP contribution in [-0.4, -0.2) is 33.6 Å². The first-order chi connectivity index (χ1) is 9.08. The molecule has 106 valence electrons. The molecule has 1 aromatic heterocycles. The highest BCUT2D eigenvalue weighted by molar-refractivity contribution is 6.30. The first kappa shape index (κ1) is 13.4. The SMILES string of the molecule is CC(C)N1CCC(c2nc(Cl)c3n2C(N)CCC3)C1. The van der Waals surface area contributed by atoms with Gasteiger partial charge in [-0.05, 0) is 46.1 Å². The van der Waals surface area contributed by atoms with Gasteiger partial charge in [-0.15, -0.1) is 0 Å². The molecule has 2 unspecified atom stereocenters. The van der Waals surface area contributed by atoms with Crippen molar-refractivity contribution < 1.29 is 0 Å². The van der Waals surface area contributed by atoms with E-state index in [0.717, 1.165) is 50.3 Å². The van der Waals surface area contributed by atoms with Crippen molar-refractivity contribution in [3.63, 3.8) is 0 Å². The summed E-state index contributed by atoms with van der Waals surface area (Å²) >= 11 is 6.30. The fourth-order valence-corrected chi connectivity index (χ4v) is 3.69. The molecule has 2 aliphatic rings. The third kappa shape index (κ3) is 2.30. The number of fused-ring (bicyclic) bond motifs is 1. The molecule has 0 aliphatic carbocycles. The first-order valence-corrected chi connectivity index (χ1v) is 7.72. The van der Waals surface area contributed by atoms with Crippen LogP contribution in [0.2, 0.25) is 5.15 Å². The zero-order valence-corrected chi connectivity index (χ0v) is 12.5. The average Bonchev–Trinajstić information content (AvgIpc) is 2.95. The van der Waals surface area contributed by atoms with E-state index < -0.39 is 0 Å². The van der Waals surface area contributed by atoms with E-state index in [9.17, 15) is 0 Å². The third-order valence-electron chi connectivity index (χ3n) is 4.55. The van der Waals surface area contributed by atoms with Crippen LogP contribution in [-0.2, 0) is 6.42 Å². The molecule has 5 heteroatoms. The first-order valence-electron chi connectivity index (χ1n) is 7.34. The largest absolute Gasteiger partial charge is 0.314 e. The molecule has 0 aromatic carbocycles. The Kier molecular flexibility index (Phi) is 3.58. The summed E-state index contributed by atoms with van der Waals surface area (Å²) in [5.41, 5.74) is 7.42. The maximum Gasteiger partial charge on any atom is 0.150 e. The summed E-state index contributed by atoms with van der Waals surface area (Å²) in [5.74, 6) is 1.60. The fraction of sp³-hybridized carbons (Fsp3) is 0.786. The maximum absolute atomic E-state index is 6.30. The van der Waals surface area contributed by atoms with Gasteiger partial charge in [0.15, 0.2) is 5.15 Å². The summed E-state index contributed by atoms with van der Waals surface area (Å²) in [6.45, 7) is 6.73. The minimum Gasteiger partial charge on any atom is -0.314 e. The van der Waals surface area contributed by atoms with Gasteiger partial charge in [0.2, 0.25) is 0 Å². The molecule has 2 aliphatic heterocycles. The zero-order chi connectivity index (χ0) is 13.6. The Morgan fingerprint density at radius 1 is 1.37 bits per heavy atom. The van der Waals surface area contributed by atoms with E-state index in [1.807, 2.05) is 0 Å². The number of hydrogen-bond acceptors (Lipinski definition) is 3. The number of likely N-dealkylation sites (tertiary alicyclic amines) is 1. The predicted octanol–water partition coefficient (Wildman–Crippen LogP) is 2.53. The average molecular weight is 283 g/mol. The normalized spacial score (nSPS) is 28.1. The third-order valence-corrected chi connectivity index (χ3v) is 4.85. The van der Waals surface area contributed by atoms with E-state index in [0.29, 0.717) is 17.1 Å². The van der Waals surface area contributed by atoms with Crippen LogP contribution in [0, 0.1) is 0 Å². The van der Waals surface area contributed by atoms with Crippen LogP contribution >= 0.6 is 11.6 Å². The molecule has 3 heterocycles. The highest BCUT2D eigenvalue weighted by Gasteiger charge is 2.32. The van der Waals surface area contributed by atoms with Crippen molar-refractivity contribution in [3.8, 4) is 0 Å². The predicted molar refractivity (Wildman–Crippen MR) is 77.5 cm³/mol. The Balaban J connectivity index is 1.90. The lowest BCUT2D eigenvalue weighted by atomic mass is 10.1. The van der Waals surface area contributed by atoms with E-state index in [4.69, 9.17) is 17.3 Å². The number of nitrogens with two attached hydrogens (primary N) is 1. The molecule has 1 fully saturated rings. The highest BCUT2D eigenvalue weighted by atomic mass is 35.5. The van der Waals surface area contributed by atoms with Crippen LogP contribution in [0.5, 0.6) is 0 Å². The molecule has 4 nitrogen and oxygen atoms in total. The Morgan fingerprint density at radius 3 is 2.84 bits per heavy atom. The molecule has 0 spiro atoms. The minimum atomic E-state index is 0.0619. The smallest absolute Gasteiger partial charge is 0.150 e. The summed E-state index contributed by atoms with van der Waals surface area (Å²) in [6, 6.07) is 0.602. The van der Waals surface area contributed by atoms with Crippen molar-refractivity contribution in [2.45, 2.75) is 57.7 Å². The number of nitrogens with zero attached hydrogens (tertiary/aromatic N) is 3. The Labute approximate surface area is 119 Å². The van der Waals surface area contributed by atoms with Crippen molar-refractivity contribution in [2.24, 2.45) is 5.73 Å². The van der Waals surface area contributed by atoms with Gasteiger partial charge in [0.1, 0.15) is 5.82 Å². The lowest BCUT2D eigenvalue weighted by molar-refractivity contribution is 0.270. The Morgan fingerprint density at radius 2 is 2.16 bits per heavy atom. The number of halogens is 1. The fourth-order valence-electron chi connectivity index (χ4n) is 3.41. The summed E-state index contributed by atoms with van der Waals surface area (Å²) in [7, 11) is 0. The zero-order valence-electron chi connectivity index (χ0n) is 11.8. The van der Waals surface area contributed by atoms with Crippen molar-refractivity contribution in [3.05, 3.63) is 16.7 Å². The van der Waals surface area contributed by atoms with Crippen LogP contribution in [0.4, 0.5) is 0 Å². The molecule has 0 amide bonds. The summed E-state index contributed by atoms with van der Waals surface area (Å²) in [5, 5.41) is 0.674. The number of hydrogen-bond donors (Lipinski definition) is 1. The molecular weight excluding hydrogens is 260 g/mol. The van der Waals surface area contributed by atoms with Gasteiger partial charge >= 0.3 is 0 Å². The summed E-state index contributed by atoms with van der Waals surface area (Å²) < 4.78 is 2.22. The van der Waals surface area contributed by atoms with Crippen molar-refractivity contribution in [1.82, 2.24) is 14.5 Å². The lowest BCUT2D eigenvalue weighted by Crippen LogP contribution is -2.30. The van der Waals surface area contributed by atoms with Crippen LogP contribution in [0.3, 0.4) is 0 Å². The molecule has 3 rings (SSSR count). The second kappa shape index (κ2) is 5.08. The molecule has 19 heavy (non-hydrogen) atoms. The minimum absolute atomic E-state index is 0.0619. The summed E-state index contributed by atoms with van der Waals surface area (Å²) in [4.78, 5) is 7.15. The topological polar surface area (TPSA) is 47.1 Å². The molecule has 2 N–H and O–H groups in total. The van der Waals surface area contributed by atoms with Gasteiger partial charge < -0.3 is 15.2 Å². The second-order valence-electron chi connectivity index (χ2n) is 6.11. The highest BCUT2D eigenvalue weighted by Crippen LogP contribution is 2.35. The monoisotopic (exact) mass is 282 g/mol. The van der Waals surface area contributed by atoms with E-state index >= 15 is 0 Å². The standard InChI is InChI=1S/C14H23ClN4/c1-9(2)18-7-6-10(8-18)14-17-13(15)11-4-3-5-12(16)19(11)14/h9-10,12H,3-8,16H2,1-2H3. The van der Waals surface area contributed by atoms with Gasteiger partial charge in [-0.25, -0.2) is 4.98 Å². The molecule has 1 aromatic rings. The number of aromatic nitrogens is 2.